The van der Waals surface area contributed by atoms with Crippen molar-refractivity contribution < 1.29 is 23.8 Å². The highest BCUT2D eigenvalue weighted by Gasteiger charge is 2.30. The van der Waals surface area contributed by atoms with Crippen LogP contribution >= 0.6 is 0 Å². The fourth-order valence-electron chi connectivity index (χ4n) is 4.24. The first-order valence-corrected chi connectivity index (χ1v) is 11.3. The van der Waals surface area contributed by atoms with E-state index in [1.807, 2.05) is 60.5 Å². The van der Waals surface area contributed by atoms with Gasteiger partial charge in [0, 0.05) is 26.7 Å². The first-order chi connectivity index (χ1) is 17.0. The van der Waals surface area contributed by atoms with Crippen molar-refractivity contribution >= 4 is 28.9 Å². The minimum Gasteiger partial charge on any atom is -0.493 e. The number of ether oxygens (including phenoxy) is 3. The van der Waals surface area contributed by atoms with Crippen molar-refractivity contribution in [2.24, 2.45) is 0 Å². The molecule has 8 heteroatoms. The van der Waals surface area contributed by atoms with E-state index in [0.29, 0.717) is 47.9 Å². The Morgan fingerprint density at radius 1 is 0.886 bits per heavy atom. The standard InChI is InChI=1S/C27H29N3O5/c1-29-21-8-6-5-7-20(21)26(31)30(23-16-19(27(32)35-4)10-11-22(23)29)14-13-28-17-18-9-12-24(33-2)25(15-18)34-3/h5-12,15-16,28H,13-14,17H2,1-4H3. The van der Waals surface area contributed by atoms with Crippen LogP contribution in [0.2, 0.25) is 0 Å². The number of methoxy groups -OCH3 is 3. The van der Waals surface area contributed by atoms with Gasteiger partial charge in [-0.15, -0.1) is 0 Å². The zero-order valence-corrected chi connectivity index (χ0v) is 20.3. The summed E-state index contributed by atoms with van der Waals surface area (Å²) in [6.45, 7) is 1.54. The van der Waals surface area contributed by atoms with Crippen molar-refractivity contribution in [3.05, 3.63) is 77.4 Å². The van der Waals surface area contributed by atoms with Crippen molar-refractivity contribution in [1.82, 2.24) is 5.32 Å². The third-order valence-corrected chi connectivity index (χ3v) is 6.08. The van der Waals surface area contributed by atoms with Crippen molar-refractivity contribution in [1.29, 1.82) is 0 Å². The average molecular weight is 476 g/mol. The van der Waals surface area contributed by atoms with Crippen molar-refractivity contribution in [3.8, 4) is 11.5 Å². The lowest BCUT2D eigenvalue weighted by molar-refractivity contribution is 0.0600. The number of para-hydroxylation sites is 1. The van der Waals surface area contributed by atoms with Gasteiger partial charge in [0.2, 0.25) is 0 Å². The summed E-state index contributed by atoms with van der Waals surface area (Å²) in [6, 6.07) is 18.5. The van der Waals surface area contributed by atoms with Gasteiger partial charge in [0.25, 0.3) is 5.91 Å². The molecule has 0 aromatic heterocycles. The van der Waals surface area contributed by atoms with E-state index < -0.39 is 5.97 Å². The summed E-state index contributed by atoms with van der Waals surface area (Å²) in [7, 11) is 6.47. The Morgan fingerprint density at radius 3 is 2.40 bits per heavy atom. The quantitative estimate of drug-likeness (QED) is 0.390. The molecule has 0 aliphatic carbocycles. The number of anilines is 3. The maximum Gasteiger partial charge on any atom is 0.337 e. The molecule has 0 fully saturated rings. The van der Waals surface area contributed by atoms with E-state index >= 15 is 0 Å². The van der Waals surface area contributed by atoms with Gasteiger partial charge in [0.1, 0.15) is 0 Å². The van der Waals surface area contributed by atoms with E-state index in [-0.39, 0.29) is 5.91 Å². The molecule has 35 heavy (non-hydrogen) atoms. The third kappa shape index (κ3) is 4.79. The molecule has 1 aliphatic heterocycles. The molecule has 0 saturated heterocycles. The van der Waals surface area contributed by atoms with Gasteiger partial charge >= 0.3 is 5.97 Å². The number of nitrogens with zero attached hydrogens (tertiary/aromatic N) is 2. The van der Waals surface area contributed by atoms with Crippen LogP contribution in [-0.2, 0) is 11.3 Å². The van der Waals surface area contributed by atoms with Gasteiger partial charge in [-0.05, 0) is 48.0 Å². The summed E-state index contributed by atoms with van der Waals surface area (Å²) >= 11 is 0. The van der Waals surface area contributed by atoms with Crippen LogP contribution in [0, 0.1) is 0 Å². The maximum atomic E-state index is 13.6. The summed E-state index contributed by atoms with van der Waals surface area (Å²) in [4.78, 5) is 29.5. The number of amides is 1. The number of benzene rings is 3. The molecule has 0 atom stereocenters. The third-order valence-electron chi connectivity index (χ3n) is 6.08. The molecule has 3 aromatic carbocycles. The Bertz CT molecular complexity index is 1240. The zero-order valence-electron chi connectivity index (χ0n) is 20.3. The second-order valence-corrected chi connectivity index (χ2v) is 8.09. The molecular weight excluding hydrogens is 446 g/mol. The highest BCUT2D eigenvalue weighted by atomic mass is 16.5. The lowest BCUT2D eigenvalue weighted by Crippen LogP contribution is -2.36. The van der Waals surface area contributed by atoms with Crippen LogP contribution in [-0.4, -0.2) is 53.3 Å². The highest BCUT2D eigenvalue weighted by Crippen LogP contribution is 2.40. The molecule has 0 unspecified atom stereocenters. The van der Waals surface area contributed by atoms with Crippen LogP contribution in [0.15, 0.2) is 60.7 Å². The SMILES string of the molecule is COC(=O)c1ccc2c(c1)N(CCNCc1ccc(OC)c(OC)c1)C(=O)c1ccccc1N2C. The number of carbonyl (C=O) groups is 2. The lowest BCUT2D eigenvalue weighted by atomic mass is 10.1. The van der Waals surface area contributed by atoms with Crippen LogP contribution in [0.5, 0.6) is 11.5 Å². The van der Waals surface area contributed by atoms with E-state index in [0.717, 1.165) is 16.9 Å². The Morgan fingerprint density at radius 2 is 1.66 bits per heavy atom. The molecule has 1 heterocycles. The topological polar surface area (TPSA) is 80.3 Å². The van der Waals surface area contributed by atoms with Crippen molar-refractivity contribution in [3.63, 3.8) is 0 Å². The van der Waals surface area contributed by atoms with Gasteiger partial charge in [-0.1, -0.05) is 18.2 Å². The number of rotatable bonds is 8. The molecule has 0 bridgehead atoms. The minimum absolute atomic E-state index is 0.124. The Kier molecular flexibility index (Phi) is 7.22. The fraction of sp³-hybridized carbons (Fsp3) is 0.259. The Hall–Kier alpha value is -4.04. The molecule has 182 valence electrons. The number of fused-ring (bicyclic) bond motifs is 2. The molecule has 1 amide bonds. The summed E-state index contributed by atoms with van der Waals surface area (Å²) in [5.74, 6) is 0.767. The predicted octanol–water partition coefficient (Wildman–Crippen LogP) is 4.01. The van der Waals surface area contributed by atoms with Crippen molar-refractivity contribution in [2.75, 3.05) is 51.3 Å². The van der Waals surface area contributed by atoms with Crippen LogP contribution in [0.3, 0.4) is 0 Å². The highest BCUT2D eigenvalue weighted by molar-refractivity contribution is 6.14. The number of carbonyl (C=O) groups excluding carboxylic acids is 2. The number of esters is 1. The molecule has 4 rings (SSSR count). The van der Waals surface area contributed by atoms with Gasteiger partial charge in [0.15, 0.2) is 11.5 Å². The van der Waals surface area contributed by atoms with Crippen LogP contribution in [0.25, 0.3) is 0 Å². The molecule has 0 radical (unpaired) electrons. The monoisotopic (exact) mass is 475 g/mol. The van der Waals surface area contributed by atoms with E-state index in [2.05, 4.69) is 5.32 Å². The van der Waals surface area contributed by atoms with E-state index in [4.69, 9.17) is 14.2 Å². The first kappa shape index (κ1) is 24.1. The summed E-state index contributed by atoms with van der Waals surface area (Å²) in [5, 5.41) is 3.40. The second-order valence-electron chi connectivity index (χ2n) is 8.09. The minimum atomic E-state index is -0.448. The Labute approximate surface area is 205 Å². The van der Waals surface area contributed by atoms with E-state index in [1.54, 1.807) is 31.3 Å². The van der Waals surface area contributed by atoms with Gasteiger partial charge < -0.3 is 29.3 Å². The number of nitrogens with one attached hydrogen (secondary N) is 1. The number of hydrogen-bond donors (Lipinski definition) is 1. The van der Waals surface area contributed by atoms with Crippen LogP contribution < -0.4 is 24.6 Å². The fourth-order valence-corrected chi connectivity index (χ4v) is 4.24. The van der Waals surface area contributed by atoms with Crippen LogP contribution in [0.1, 0.15) is 26.3 Å². The summed E-state index contributed by atoms with van der Waals surface area (Å²) < 4.78 is 15.6. The summed E-state index contributed by atoms with van der Waals surface area (Å²) in [6.07, 6.45) is 0. The Balaban J connectivity index is 1.59. The molecule has 3 aromatic rings. The lowest BCUT2D eigenvalue weighted by Gasteiger charge is -2.25. The molecule has 1 aliphatic rings. The molecule has 1 N–H and O–H groups in total. The first-order valence-electron chi connectivity index (χ1n) is 11.3. The zero-order chi connectivity index (χ0) is 24.9. The normalized spacial score (nSPS) is 12.5. The van der Waals surface area contributed by atoms with E-state index in [9.17, 15) is 9.59 Å². The van der Waals surface area contributed by atoms with Crippen molar-refractivity contribution in [2.45, 2.75) is 6.54 Å². The molecule has 0 saturated carbocycles. The molecule has 0 spiro atoms. The largest absolute Gasteiger partial charge is 0.493 e. The number of hydrogen-bond acceptors (Lipinski definition) is 7. The smallest absolute Gasteiger partial charge is 0.337 e. The predicted molar refractivity (Wildman–Crippen MR) is 135 cm³/mol. The van der Waals surface area contributed by atoms with Gasteiger partial charge in [-0.2, -0.15) is 0 Å². The molecule has 8 nitrogen and oxygen atoms in total. The average Bonchev–Trinajstić information content (AvgIpc) is 2.99. The molecular formula is C27H29N3O5. The summed E-state index contributed by atoms with van der Waals surface area (Å²) in [5.41, 5.74) is 4.32. The maximum absolute atomic E-state index is 13.6. The van der Waals surface area contributed by atoms with Gasteiger partial charge in [0.05, 0.1) is 49.5 Å². The van der Waals surface area contributed by atoms with Gasteiger partial charge in [-0.25, -0.2) is 4.79 Å². The van der Waals surface area contributed by atoms with Crippen LogP contribution in [0.4, 0.5) is 17.1 Å². The van der Waals surface area contributed by atoms with E-state index in [1.165, 1.54) is 7.11 Å². The van der Waals surface area contributed by atoms with Gasteiger partial charge in [-0.3, -0.25) is 4.79 Å². The second kappa shape index (κ2) is 10.5.